The third-order valence-corrected chi connectivity index (χ3v) is 8.16. The SMILES string of the molecule is CCOC(=O)Cn1cc(/C=N\N2C(=O)[C@@H]3C4c5ccccc5C(c5ccccc54)[C@H]3C2=O)c2ccccc21. The summed E-state index contributed by atoms with van der Waals surface area (Å²) in [5.74, 6) is -2.13. The molecule has 7 heteroatoms. The van der Waals surface area contributed by atoms with Crippen molar-refractivity contribution >= 4 is 34.9 Å². The standard InChI is InChI=1S/C31H25N3O4/c1-2-38-25(35)17-33-16-18(19-9-7-8-14-24(19)33)15-32-34-30(36)28-26-20-10-3-4-11-21(20)27(29(28)31(34)37)23-13-6-5-12-22(23)26/h3-16,26-29H,2,17H2,1H3/b32-15-/t26?,27?,28-,29-/m1/s1. The highest BCUT2D eigenvalue weighted by atomic mass is 16.5. The van der Waals surface area contributed by atoms with Gasteiger partial charge in [0.25, 0.3) is 11.8 Å². The number of aromatic nitrogens is 1. The lowest BCUT2D eigenvalue weighted by atomic mass is 9.55. The first-order valence-electron chi connectivity index (χ1n) is 12.9. The number of esters is 1. The van der Waals surface area contributed by atoms with E-state index < -0.39 is 11.8 Å². The van der Waals surface area contributed by atoms with E-state index in [9.17, 15) is 14.4 Å². The topological polar surface area (TPSA) is 81.0 Å². The fraction of sp³-hybridized carbons (Fsp3) is 0.226. The number of hydrogen-bond donors (Lipinski definition) is 0. The normalized spacial score (nSPS) is 23.1. The zero-order valence-electron chi connectivity index (χ0n) is 20.8. The van der Waals surface area contributed by atoms with Crippen molar-refractivity contribution in [1.29, 1.82) is 0 Å². The van der Waals surface area contributed by atoms with Gasteiger partial charge >= 0.3 is 5.97 Å². The largest absolute Gasteiger partial charge is 0.465 e. The molecule has 1 fully saturated rings. The zero-order valence-corrected chi connectivity index (χ0v) is 20.8. The van der Waals surface area contributed by atoms with Gasteiger partial charge in [-0.1, -0.05) is 66.7 Å². The van der Waals surface area contributed by atoms with Crippen LogP contribution in [0.1, 0.15) is 46.6 Å². The predicted octanol–water partition coefficient (Wildman–Crippen LogP) is 4.43. The van der Waals surface area contributed by atoms with Crippen LogP contribution in [-0.4, -0.2) is 40.2 Å². The molecule has 3 aliphatic carbocycles. The van der Waals surface area contributed by atoms with E-state index in [0.717, 1.165) is 43.7 Å². The van der Waals surface area contributed by atoms with Crippen molar-refractivity contribution in [2.75, 3.05) is 6.61 Å². The first-order valence-corrected chi connectivity index (χ1v) is 12.9. The number of rotatable bonds is 5. The summed E-state index contributed by atoms with van der Waals surface area (Å²) in [6.45, 7) is 2.14. The number of imide groups is 1. The number of para-hydroxylation sites is 1. The number of hydrazone groups is 1. The summed E-state index contributed by atoms with van der Waals surface area (Å²) in [7, 11) is 0. The third kappa shape index (κ3) is 3.14. The number of carbonyl (C=O) groups is 3. The lowest BCUT2D eigenvalue weighted by Crippen LogP contribution is -2.41. The lowest BCUT2D eigenvalue weighted by Gasteiger charge is -2.45. The maximum absolute atomic E-state index is 13.8. The number of carbonyl (C=O) groups excluding carboxylic acids is 3. The summed E-state index contributed by atoms with van der Waals surface area (Å²) >= 11 is 0. The van der Waals surface area contributed by atoms with E-state index in [1.165, 1.54) is 0 Å². The summed E-state index contributed by atoms with van der Waals surface area (Å²) in [5.41, 5.74) is 6.09. The molecule has 3 aromatic carbocycles. The molecule has 188 valence electrons. The Morgan fingerprint density at radius 3 is 1.92 bits per heavy atom. The van der Waals surface area contributed by atoms with Gasteiger partial charge in [-0.25, -0.2) is 0 Å². The van der Waals surface area contributed by atoms with Crippen LogP contribution in [0.2, 0.25) is 0 Å². The Kier molecular flexibility index (Phi) is 5.08. The van der Waals surface area contributed by atoms with Gasteiger partial charge < -0.3 is 9.30 Å². The fourth-order valence-electron chi connectivity index (χ4n) is 6.75. The van der Waals surface area contributed by atoms with E-state index in [1.807, 2.05) is 48.5 Å². The minimum atomic E-state index is -0.473. The Morgan fingerprint density at radius 1 is 0.842 bits per heavy atom. The molecule has 38 heavy (non-hydrogen) atoms. The average molecular weight is 504 g/mol. The van der Waals surface area contributed by atoms with Crippen LogP contribution < -0.4 is 0 Å². The molecule has 7 nitrogen and oxygen atoms in total. The highest BCUT2D eigenvalue weighted by molar-refractivity contribution is 6.09. The van der Waals surface area contributed by atoms with Crippen molar-refractivity contribution in [1.82, 2.24) is 9.58 Å². The second-order valence-corrected chi connectivity index (χ2v) is 10.0. The van der Waals surface area contributed by atoms with Gasteiger partial charge in [0, 0.05) is 34.5 Å². The second kappa shape index (κ2) is 8.52. The molecule has 1 aliphatic heterocycles. The van der Waals surface area contributed by atoms with E-state index in [1.54, 1.807) is 23.9 Å². The third-order valence-electron chi connectivity index (χ3n) is 8.16. The first kappa shape index (κ1) is 22.7. The van der Waals surface area contributed by atoms with Gasteiger partial charge in [0.05, 0.1) is 24.7 Å². The predicted molar refractivity (Wildman–Crippen MR) is 142 cm³/mol. The summed E-state index contributed by atoms with van der Waals surface area (Å²) in [4.78, 5) is 39.7. The van der Waals surface area contributed by atoms with Crippen LogP contribution in [0.4, 0.5) is 0 Å². The Balaban J connectivity index is 1.26. The number of ether oxygens (including phenoxy) is 1. The van der Waals surface area contributed by atoms with E-state index in [2.05, 4.69) is 29.4 Å². The zero-order chi connectivity index (χ0) is 26.0. The quantitative estimate of drug-likeness (QED) is 0.229. The molecule has 0 saturated carbocycles. The minimum absolute atomic E-state index is 0.0633. The van der Waals surface area contributed by atoms with Crippen molar-refractivity contribution in [3.05, 3.63) is 107 Å². The van der Waals surface area contributed by atoms with E-state index >= 15 is 0 Å². The Labute approximate surface area is 219 Å². The molecule has 0 spiro atoms. The van der Waals surface area contributed by atoms with Gasteiger partial charge in [0.2, 0.25) is 0 Å². The molecule has 2 atom stereocenters. The smallest absolute Gasteiger partial charge is 0.325 e. The maximum Gasteiger partial charge on any atom is 0.325 e. The monoisotopic (exact) mass is 503 g/mol. The molecule has 0 N–H and O–H groups in total. The van der Waals surface area contributed by atoms with Gasteiger partial charge in [-0.3, -0.25) is 14.4 Å². The highest BCUT2D eigenvalue weighted by Gasteiger charge is 2.61. The van der Waals surface area contributed by atoms with Crippen molar-refractivity contribution in [2.24, 2.45) is 16.9 Å². The van der Waals surface area contributed by atoms with Crippen LogP contribution in [0.25, 0.3) is 10.9 Å². The summed E-state index contributed by atoms with van der Waals surface area (Å²) in [6, 6.07) is 24.0. The van der Waals surface area contributed by atoms with Gasteiger partial charge in [0.1, 0.15) is 6.54 Å². The highest BCUT2D eigenvalue weighted by Crippen LogP contribution is 2.60. The van der Waals surface area contributed by atoms with Crippen LogP contribution in [0, 0.1) is 11.8 Å². The Bertz CT molecular complexity index is 1550. The molecule has 2 heterocycles. The molecule has 2 amide bonds. The van der Waals surface area contributed by atoms with Crippen LogP contribution >= 0.6 is 0 Å². The Morgan fingerprint density at radius 2 is 1.37 bits per heavy atom. The second-order valence-electron chi connectivity index (χ2n) is 10.0. The molecule has 1 saturated heterocycles. The number of fused-ring (bicyclic) bond motifs is 1. The van der Waals surface area contributed by atoms with Gasteiger partial charge in [-0.15, -0.1) is 0 Å². The Hall–Kier alpha value is -4.52. The first-order chi connectivity index (χ1) is 18.6. The van der Waals surface area contributed by atoms with Crippen LogP contribution in [0.5, 0.6) is 0 Å². The van der Waals surface area contributed by atoms with E-state index in [4.69, 9.17) is 4.74 Å². The molecular weight excluding hydrogens is 478 g/mol. The maximum atomic E-state index is 13.8. The van der Waals surface area contributed by atoms with Crippen LogP contribution in [0.3, 0.4) is 0 Å². The van der Waals surface area contributed by atoms with E-state index in [0.29, 0.717) is 6.61 Å². The molecule has 8 rings (SSSR count). The summed E-state index contributed by atoms with van der Waals surface area (Å²) < 4.78 is 6.92. The van der Waals surface area contributed by atoms with Gasteiger partial charge in [-0.2, -0.15) is 10.1 Å². The molecule has 1 aromatic heterocycles. The van der Waals surface area contributed by atoms with Crippen molar-refractivity contribution in [2.45, 2.75) is 25.3 Å². The number of benzene rings is 3. The van der Waals surface area contributed by atoms with Crippen molar-refractivity contribution < 1.29 is 19.1 Å². The van der Waals surface area contributed by atoms with Crippen LogP contribution in [0.15, 0.2) is 84.1 Å². The van der Waals surface area contributed by atoms with Crippen LogP contribution in [-0.2, 0) is 25.7 Å². The number of nitrogens with zero attached hydrogens (tertiary/aromatic N) is 3. The molecular formula is C31H25N3O4. The molecule has 2 bridgehead atoms. The number of amides is 2. The van der Waals surface area contributed by atoms with E-state index in [-0.39, 0.29) is 36.2 Å². The summed E-state index contributed by atoms with van der Waals surface area (Å²) in [6.07, 6.45) is 3.36. The minimum Gasteiger partial charge on any atom is -0.465 e. The lowest BCUT2D eigenvalue weighted by molar-refractivity contribution is -0.144. The summed E-state index contributed by atoms with van der Waals surface area (Å²) in [5, 5.41) is 6.41. The molecule has 0 radical (unpaired) electrons. The molecule has 4 aliphatic rings. The molecule has 0 unspecified atom stereocenters. The number of hydrogen-bond acceptors (Lipinski definition) is 5. The van der Waals surface area contributed by atoms with Gasteiger partial charge in [0.15, 0.2) is 0 Å². The average Bonchev–Trinajstić information content (AvgIpc) is 3.41. The van der Waals surface area contributed by atoms with Crippen molar-refractivity contribution in [3.8, 4) is 0 Å². The van der Waals surface area contributed by atoms with Crippen molar-refractivity contribution in [3.63, 3.8) is 0 Å². The molecule has 4 aromatic rings. The fourth-order valence-corrected chi connectivity index (χ4v) is 6.75. The van der Waals surface area contributed by atoms with Gasteiger partial charge in [-0.05, 0) is 35.2 Å².